The van der Waals surface area contributed by atoms with E-state index >= 15 is 0 Å². The molecule has 0 aromatic heterocycles. The van der Waals surface area contributed by atoms with Crippen LogP contribution in [0.5, 0.6) is 0 Å². The number of hydrogen-bond donors (Lipinski definition) is 0. The summed E-state index contributed by atoms with van der Waals surface area (Å²) in [4.78, 5) is 11.4. The molecule has 1 aromatic rings. The molecule has 1 unspecified atom stereocenters. The zero-order valence-electron chi connectivity index (χ0n) is 9.67. The first kappa shape index (κ1) is 11.9. The molecular formula is C14H16O3. The Labute approximate surface area is 101 Å². The highest BCUT2D eigenvalue weighted by atomic mass is 16.6. The summed E-state index contributed by atoms with van der Waals surface area (Å²) in [5, 5.41) is 0. The van der Waals surface area contributed by atoms with Gasteiger partial charge in [-0.3, -0.25) is 0 Å². The largest absolute Gasteiger partial charge is 0.460 e. The lowest BCUT2D eigenvalue weighted by molar-refractivity contribution is -0.140. The van der Waals surface area contributed by atoms with E-state index in [2.05, 4.69) is 0 Å². The topological polar surface area (TPSA) is 35.5 Å². The highest BCUT2D eigenvalue weighted by molar-refractivity contribution is 5.87. The summed E-state index contributed by atoms with van der Waals surface area (Å²) in [5.74, 6) is -0.315. The second kappa shape index (κ2) is 6.21. The summed E-state index contributed by atoms with van der Waals surface area (Å²) >= 11 is 0. The van der Waals surface area contributed by atoms with Gasteiger partial charge < -0.3 is 9.47 Å². The molecule has 0 radical (unpaired) electrons. The van der Waals surface area contributed by atoms with Crippen LogP contribution in [-0.2, 0) is 14.3 Å². The van der Waals surface area contributed by atoms with E-state index in [9.17, 15) is 4.79 Å². The Balaban J connectivity index is 1.75. The fourth-order valence-electron chi connectivity index (χ4n) is 1.73. The van der Waals surface area contributed by atoms with Crippen molar-refractivity contribution in [1.29, 1.82) is 0 Å². The first-order chi connectivity index (χ1) is 8.34. The van der Waals surface area contributed by atoms with E-state index in [4.69, 9.17) is 9.47 Å². The molecule has 2 rings (SSSR count). The van der Waals surface area contributed by atoms with Crippen LogP contribution in [0.15, 0.2) is 36.4 Å². The fourth-order valence-corrected chi connectivity index (χ4v) is 1.73. The van der Waals surface area contributed by atoms with E-state index < -0.39 is 0 Å². The van der Waals surface area contributed by atoms with Crippen molar-refractivity contribution in [3.8, 4) is 0 Å². The number of ether oxygens (including phenoxy) is 2. The minimum atomic E-state index is -0.315. The molecule has 3 heteroatoms. The Morgan fingerprint density at radius 3 is 2.94 bits per heavy atom. The number of esters is 1. The summed E-state index contributed by atoms with van der Waals surface area (Å²) in [6.07, 6.45) is 5.32. The molecule has 90 valence electrons. The van der Waals surface area contributed by atoms with E-state index in [-0.39, 0.29) is 12.1 Å². The van der Waals surface area contributed by atoms with Crippen LogP contribution in [0.2, 0.25) is 0 Å². The van der Waals surface area contributed by atoms with Crippen molar-refractivity contribution in [3.63, 3.8) is 0 Å². The van der Waals surface area contributed by atoms with Gasteiger partial charge in [-0.2, -0.15) is 0 Å². The lowest BCUT2D eigenvalue weighted by Crippen LogP contribution is -2.16. The lowest BCUT2D eigenvalue weighted by atomic mass is 10.2. The summed E-state index contributed by atoms with van der Waals surface area (Å²) in [6.45, 7) is 1.14. The zero-order valence-corrected chi connectivity index (χ0v) is 9.67. The van der Waals surface area contributed by atoms with Gasteiger partial charge in [0.15, 0.2) is 0 Å². The molecule has 0 saturated carbocycles. The third kappa shape index (κ3) is 4.04. The van der Waals surface area contributed by atoms with Gasteiger partial charge in [0.05, 0.1) is 6.10 Å². The Morgan fingerprint density at radius 1 is 1.41 bits per heavy atom. The summed E-state index contributed by atoms with van der Waals surface area (Å²) in [5.41, 5.74) is 0.988. The van der Waals surface area contributed by atoms with Crippen molar-refractivity contribution in [3.05, 3.63) is 42.0 Å². The number of carbonyl (C=O) groups excluding carboxylic acids is 1. The Hall–Kier alpha value is -1.61. The third-order valence-electron chi connectivity index (χ3n) is 2.65. The van der Waals surface area contributed by atoms with Crippen LogP contribution in [0.25, 0.3) is 6.08 Å². The van der Waals surface area contributed by atoms with E-state index in [1.807, 2.05) is 30.3 Å². The molecule has 0 spiro atoms. The van der Waals surface area contributed by atoms with Crippen molar-refractivity contribution < 1.29 is 14.3 Å². The first-order valence-corrected chi connectivity index (χ1v) is 5.86. The standard InChI is InChI=1S/C14H16O3/c15-14(17-11-13-7-4-10-16-13)9-8-12-5-2-1-3-6-12/h1-3,5-6,8-9,13H,4,7,10-11H2. The maximum atomic E-state index is 11.4. The van der Waals surface area contributed by atoms with Gasteiger partial charge >= 0.3 is 5.97 Å². The van der Waals surface area contributed by atoms with Crippen LogP contribution in [0.1, 0.15) is 18.4 Å². The van der Waals surface area contributed by atoms with E-state index in [1.54, 1.807) is 6.08 Å². The maximum Gasteiger partial charge on any atom is 0.330 e. The van der Waals surface area contributed by atoms with Crippen molar-refractivity contribution in [1.82, 2.24) is 0 Å². The summed E-state index contributed by atoms with van der Waals surface area (Å²) < 4.78 is 10.5. The Morgan fingerprint density at radius 2 is 2.24 bits per heavy atom. The van der Waals surface area contributed by atoms with Crippen LogP contribution < -0.4 is 0 Å². The monoisotopic (exact) mass is 232 g/mol. The Kier molecular flexibility index (Phi) is 4.33. The molecule has 1 aliphatic heterocycles. The lowest BCUT2D eigenvalue weighted by Gasteiger charge is -2.08. The third-order valence-corrected chi connectivity index (χ3v) is 2.65. The van der Waals surface area contributed by atoms with E-state index in [0.717, 1.165) is 25.0 Å². The van der Waals surface area contributed by atoms with Crippen LogP contribution >= 0.6 is 0 Å². The molecule has 0 aliphatic carbocycles. The number of hydrogen-bond acceptors (Lipinski definition) is 3. The van der Waals surface area contributed by atoms with Gasteiger partial charge in [0, 0.05) is 12.7 Å². The molecule has 1 fully saturated rings. The SMILES string of the molecule is O=C(C=Cc1ccccc1)OCC1CCCO1. The van der Waals surface area contributed by atoms with Gasteiger partial charge in [-0.05, 0) is 24.5 Å². The average molecular weight is 232 g/mol. The van der Waals surface area contributed by atoms with Gasteiger partial charge in [-0.25, -0.2) is 4.79 Å². The van der Waals surface area contributed by atoms with E-state index in [0.29, 0.717) is 6.61 Å². The highest BCUT2D eigenvalue weighted by Gasteiger charge is 2.16. The quantitative estimate of drug-likeness (QED) is 0.590. The van der Waals surface area contributed by atoms with Crippen LogP contribution in [-0.4, -0.2) is 25.3 Å². The average Bonchev–Trinajstić information content (AvgIpc) is 2.88. The predicted molar refractivity (Wildman–Crippen MR) is 65.4 cm³/mol. The van der Waals surface area contributed by atoms with Gasteiger partial charge in [-0.15, -0.1) is 0 Å². The second-order valence-electron chi connectivity index (χ2n) is 4.01. The normalized spacial score (nSPS) is 19.6. The minimum Gasteiger partial charge on any atom is -0.460 e. The summed E-state index contributed by atoms with van der Waals surface area (Å²) in [7, 11) is 0. The molecule has 1 heterocycles. The Bertz CT molecular complexity index is 378. The van der Waals surface area contributed by atoms with Gasteiger partial charge in [0.2, 0.25) is 0 Å². The number of carbonyl (C=O) groups is 1. The zero-order chi connectivity index (χ0) is 11.9. The number of benzene rings is 1. The molecule has 0 amide bonds. The van der Waals surface area contributed by atoms with Gasteiger partial charge in [0.25, 0.3) is 0 Å². The first-order valence-electron chi connectivity index (χ1n) is 5.86. The second-order valence-corrected chi connectivity index (χ2v) is 4.01. The number of rotatable bonds is 4. The summed E-state index contributed by atoms with van der Waals surface area (Å²) in [6, 6.07) is 9.66. The van der Waals surface area contributed by atoms with Crippen molar-refractivity contribution in [2.24, 2.45) is 0 Å². The molecule has 1 aliphatic rings. The van der Waals surface area contributed by atoms with Gasteiger partial charge in [0.1, 0.15) is 6.61 Å². The molecule has 1 atom stereocenters. The molecule has 1 saturated heterocycles. The highest BCUT2D eigenvalue weighted by Crippen LogP contribution is 2.12. The molecule has 1 aromatic carbocycles. The molecule has 3 nitrogen and oxygen atoms in total. The van der Waals surface area contributed by atoms with Crippen molar-refractivity contribution >= 4 is 12.0 Å². The predicted octanol–water partition coefficient (Wildman–Crippen LogP) is 2.42. The molecule has 0 bridgehead atoms. The van der Waals surface area contributed by atoms with Crippen LogP contribution in [0.3, 0.4) is 0 Å². The minimum absolute atomic E-state index is 0.0871. The molecular weight excluding hydrogens is 216 g/mol. The van der Waals surface area contributed by atoms with Gasteiger partial charge in [-0.1, -0.05) is 30.3 Å². The van der Waals surface area contributed by atoms with Crippen LogP contribution in [0, 0.1) is 0 Å². The maximum absolute atomic E-state index is 11.4. The smallest absolute Gasteiger partial charge is 0.330 e. The molecule has 0 N–H and O–H groups in total. The van der Waals surface area contributed by atoms with Crippen molar-refractivity contribution in [2.45, 2.75) is 18.9 Å². The van der Waals surface area contributed by atoms with E-state index in [1.165, 1.54) is 6.08 Å². The van der Waals surface area contributed by atoms with Crippen LogP contribution in [0.4, 0.5) is 0 Å². The van der Waals surface area contributed by atoms with Crippen molar-refractivity contribution in [2.75, 3.05) is 13.2 Å². The molecule has 17 heavy (non-hydrogen) atoms. The fraction of sp³-hybridized carbons (Fsp3) is 0.357.